The fraction of sp³-hybridized carbons (Fsp3) is 0.462. The average molecular weight is 440 g/mol. The first-order valence-corrected chi connectivity index (χ1v) is 6.87. The van der Waals surface area contributed by atoms with Gasteiger partial charge in [-0.1, -0.05) is 15.9 Å². The van der Waals surface area contributed by atoms with Crippen LogP contribution in [-0.4, -0.2) is 37.1 Å². The Bertz CT molecular complexity index is 420. The minimum Gasteiger partial charge on any atom is -0.492 e. The molecule has 0 atom stereocenters. The third-order valence-electron chi connectivity index (χ3n) is 2.90. The van der Waals surface area contributed by atoms with Gasteiger partial charge >= 0.3 is 0 Å². The van der Waals surface area contributed by atoms with E-state index >= 15 is 0 Å². The Morgan fingerprint density at radius 2 is 2.05 bits per heavy atom. The lowest BCUT2D eigenvalue weighted by Crippen LogP contribution is -2.36. The first-order valence-electron chi connectivity index (χ1n) is 6.08. The fourth-order valence-corrected chi connectivity index (χ4v) is 1.88. The normalized spacial score (nSPS) is 14.7. The second-order valence-electron chi connectivity index (χ2n) is 4.38. The number of ether oxygens (including phenoxy) is 1. The second-order valence-corrected chi connectivity index (χ2v) is 5.30. The third kappa shape index (κ3) is 5.56. The predicted octanol–water partition coefficient (Wildman–Crippen LogP) is 2.85. The lowest BCUT2D eigenvalue weighted by atomic mass is 10.3. The lowest BCUT2D eigenvalue weighted by Gasteiger charge is -2.16. The molecule has 0 aromatic heterocycles. The largest absolute Gasteiger partial charge is 0.492 e. The zero-order valence-electron chi connectivity index (χ0n) is 10.9. The summed E-state index contributed by atoms with van der Waals surface area (Å²) in [6.45, 7) is 1.12. The van der Waals surface area contributed by atoms with Crippen molar-refractivity contribution in [1.82, 2.24) is 4.90 Å². The molecular formula is C13H19BrIN3O. The molecule has 4 nitrogen and oxygen atoms in total. The summed E-state index contributed by atoms with van der Waals surface area (Å²) in [6.07, 6.45) is 2.45. The van der Waals surface area contributed by atoms with E-state index in [4.69, 9.17) is 10.5 Å². The minimum absolute atomic E-state index is 0. The summed E-state index contributed by atoms with van der Waals surface area (Å²) in [5.41, 5.74) is 5.87. The van der Waals surface area contributed by atoms with Crippen LogP contribution in [0.25, 0.3) is 0 Å². The molecule has 2 rings (SSSR count). The van der Waals surface area contributed by atoms with Crippen molar-refractivity contribution in [2.75, 3.05) is 20.2 Å². The van der Waals surface area contributed by atoms with Crippen LogP contribution in [0.2, 0.25) is 0 Å². The molecule has 0 radical (unpaired) electrons. The van der Waals surface area contributed by atoms with Crippen LogP contribution < -0.4 is 10.5 Å². The zero-order chi connectivity index (χ0) is 13.0. The van der Waals surface area contributed by atoms with E-state index in [1.807, 2.05) is 36.2 Å². The van der Waals surface area contributed by atoms with E-state index < -0.39 is 0 Å². The number of hydrogen-bond donors (Lipinski definition) is 1. The molecule has 106 valence electrons. The Morgan fingerprint density at radius 3 is 2.63 bits per heavy atom. The van der Waals surface area contributed by atoms with Gasteiger partial charge in [0.05, 0.1) is 6.54 Å². The topological polar surface area (TPSA) is 50.8 Å². The highest BCUT2D eigenvalue weighted by Gasteiger charge is 2.27. The van der Waals surface area contributed by atoms with Crippen LogP contribution in [0.4, 0.5) is 0 Å². The van der Waals surface area contributed by atoms with Crippen LogP contribution >= 0.6 is 39.9 Å². The van der Waals surface area contributed by atoms with E-state index in [2.05, 4.69) is 20.9 Å². The quantitative estimate of drug-likeness (QED) is 0.332. The van der Waals surface area contributed by atoms with E-state index in [0.717, 1.165) is 10.2 Å². The van der Waals surface area contributed by atoms with Gasteiger partial charge in [-0.15, -0.1) is 24.0 Å². The van der Waals surface area contributed by atoms with Crippen molar-refractivity contribution in [3.63, 3.8) is 0 Å². The van der Waals surface area contributed by atoms with E-state index in [9.17, 15) is 0 Å². The number of nitrogens with two attached hydrogens (primary N) is 1. The second kappa shape index (κ2) is 7.94. The van der Waals surface area contributed by atoms with Gasteiger partial charge in [0, 0.05) is 17.6 Å². The van der Waals surface area contributed by atoms with Crippen LogP contribution in [-0.2, 0) is 0 Å². The van der Waals surface area contributed by atoms with Gasteiger partial charge in [-0.05, 0) is 37.1 Å². The molecule has 0 spiro atoms. The van der Waals surface area contributed by atoms with E-state index in [-0.39, 0.29) is 24.0 Å². The van der Waals surface area contributed by atoms with Crippen LogP contribution in [0.15, 0.2) is 33.7 Å². The molecule has 1 aliphatic carbocycles. The standard InChI is InChI=1S/C13H18BrN3O.HI/c1-17(11-4-5-11)13(15)16-8-9-18-12-6-2-10(14)3-7-12;/h2-3,6-7,11H,4-5,8-9H2,1H3,(H2,15,16);1H. The molecule has 1 fully saturated rings. The number of guanidine groups is 1. The van der Waals surface area contributed by atoms with Crippen LogP contribution in [0.1, 0.15) is 12.8 Å². The van der Waals surface area contributed by atoms with Crippen molar-refractivity contribution < 1.29 is 4.74 Å². The van der Waals surface area contributed by atoms with Crippen molar-refractivity contribution in [2.24, 2.45) is 10.7 Å². The molecule has 19 heavy (non-hydrogen) atoms. The molecule has 0 bridgehead atoms. The minimum atomic E-state index is 0. The summed E-state index contributed by atoms with van der Waals surface area (Å²) < 4.78 is 6.61. The SMILES string of the molecule is CN(C(N)=NCCOc1ccc(Br)cc1)C1CC1.I. The molecular weight excluding hydrogens is 421 g/mol. The highest BCUT2D eigenvalue weighted by molar-refractivity contribution is 14.0. The maximum Gasteiger partial charge on any atom is 0.191 e. The summed E-state index contributed by atoms with van der Waals surface area (Å²) in [4.78, 5) is 6.35. The molecule has 0 heterocycles. The summed E-state index contributed by atoms with van der Waals surface area (Å²) in [5.74, 6) is 1.46. The molecule has 1 saturated carbocycles. The molecule has 0 unspecified atom stereocenters. The maximum absolute atomic E-state index is 5.87. The van der Waals surface area contributed by atoms with E-state index in [0.29, 0.717) is 25.2 Å². The molecule has 6 heteroatoms. The Morgan fingerprint density at radius 1 is 1.42 bits per heavy atom. The number of benzene rings is 1. The van der Waals surface area contributed by atoms with E-state index in [1.54, 1.807) is 0 Å². The predicted molar refractivity (Wildman–Crippen MR) is 92.3 cm³/mol. The number of nitrogens with zero attached hydrogens (tertiary/aromatic N) is 2. The van der Waals surface area contributed by atoms with Gasteiger partial charge in [-0.3, -0.25) is 0 Å². The lowest BCUT2D eigenvalue weighted by molar-refractivity contribution is 0.327. The highest BCUT2D eigenvalue weighted by Crippen LogP contribution is 2.24. The fourth-order valence-electron chi connectivity index (χ4n) is 1.61. The summed E-state index contributed by atoms with van der Waals surface area (Å²) in [7, 11) is 1.99. The Balaban J connectivity index is 0.00000180. The van der Waals surface area contributed by atoms with Crippen LogP contribution in [0.3, 0.4) is 0 Å². The van der Waals surface area contributed by atoms with Crippen molar-refractivity contribution in [3.05, 3.63) is 28.7 Å². The summed E-state index contributed by atoms with van der Waals surface area (Å²) in [5, 5.41) is 0. The number of aliphatic imine (C=N–C) groups is 1. The van der Waals surface area contributed by atoms with Gasteiger partial charge in [0.25, 0.3) is 0 Å². The van der Waals surface area contributed by atoms with Crippen molar-refractivity contribution >= 4 is 45.9 Å². The molecule has 1 aromatic carbocycles. The third-order valence-corrected chi connectivity index (χ3v) is 3.43. The van der Waals surface area contributed by atoms with Crippen molar-refractivity contribution in [1.29, 1.82) is 0 Å². The molecule has 0 saturated heterocycles. The zero-order valence-corrected chi connectivity index (χ0v) is 14.8. The molecule has 0 amide bonds. The van der Waals surface area contributed by atoms with Gasteiger partial charge in [-0.2, -0.15) is 0 Å². The summed E-state index contributed by atoms with van der Waals surface area (Å²) in [6, 6.07) is 8.35. The smallest absolute Gasteiger partial charge is 0.191 e. The molecule has 1 aliphatic rings. The van der Waals surface area contributed by atoms with Crippen molar-refractivity contribution in [3.8, 4) is 5.75 Å². The van der Waals surface area contributed by atoms with Crippen LogP contribution in [0.5, 0.6) is 5.75 Å². The van der Waals surface area contributed by atoms with Gasteiger partial charge < -0.3 is 15.4 Å². The summed E-state index contributed by atoms with van der Waals surface area (Å²) >= 11 is 3.38. The average Bonchev–Trinajstić information content (AvgIpc) is 3.20. The van der Waals surface area contributed by atoms with Gasteiger partial charge in [-0.25, -0.2) is 4.99 Å². The van der Waals surface area contributed by atoms with Gasteiger partial charge in [0.15, 0.2) is 5.96 Å². The first kappa shape index (κ1) is 16.6. The first-order chi connectivity index (χ1) is 8.66. The van der Waals surface area contributed by atoms with E-state index in [1.165, 1.54) is 12.8 Å². The Hall–Kier alpha value is -0.500. The van der Waals surface area contributed by atoms with Gasteiger partial charge in [0.2, 0.25) is 0 Å². The maximum atomic E-state index is 5.87. The van der Waals surface area contributed by atoms with Crippen molar-refractivity contribution in [2.45, 2.75) is 18.9 Å². The molecule has 2 N–H and O–H groups in total. The molecule has 0 aliphatic heterocycles. The van der Waals surface area contributed by atoms with Gasteiger partial charge in [0.1, 0.15) is 12.4 Å². The monoisotopic (exact) mass is 439 g/mol. The number of rotatable bonds is 5. The number of halogens is 2. The Labute approximate surface area is 139 Å². The number of hydrogen-bond acceptors (Lipinski definition) is 2. The highest BCUT2D eigenvalue weighted by atomic mass is 127. The van der Waals surface area contributed by atoms with Crippen LogP contribution in [0, 0.1) is 0 Å². The molecule has 1 aromatic rings. The Kier molecular flexibility index (Phi) is 6.92.